The summed E-state index contributed by atoms with van der Waals surface area (Å²) in [6.45, 7) is 2.07. The number of carbonyl (C=O) groups is 1. The van der Waals surface area contributed by atoms with Crippen LogP contribution in [-0.4, -0.2) is 45.2 Å². The van der Waals surface area contributed by atoms with Gasteiger partial charge in [0.1, 0.15) is 0 Å². The lowest BCUT2D eigenvalue weighted by Gasteiger charge is -2.32. The molecule has 0 radical (unpaired) electrons. The van der Waals surface area contributed by atoms with Gasteiger partial charge in [0.25, 0.3) is 0 Å². The molecule has 1 aliphatic heterocycles. The van der Waals surface area contributed by atoms with Gasteiger partial charge in [0, 0.05) is 49.3 Å². The zero-order valence-corrected chi connectivity index (χ0v) is 16.8. The average Bonchev–Trinajstić information content (AvgIpc) is 2.69. The second kappa shape index (κ2) is 9.16. The molecule has 150 valence electrons. The van der Waals surface area contributed by atoms with E-state index in [-0.39, 0.29) is 11.8 Å². The SMILES string of the molecule is CS(=O)(=O)NCCc1ccc(NC(=O)C2CCN(c3ccncc3)CC2)cc1. The summed E-state index contributed by atoms with van der Waals surface area (Å²) >= 11 is 0. The van der Waals surface area contributed by atoms with Crippen LogP contribution in [0, 0.1) is 5.92 Å². The number of benzene rings is 1. The van der Waals surface area contributed by atoms with E-state index in [1.807, 2.05) is 36.4 Å². The van der Waals surface area contributed by atoms with E-state index in [1.54, 1.807) is 12.4 Å². The number of anilines is 2. The first kappa shape index (κ1) is 20.3. The summed E-state index contributed by atoms with van der Waals surface area (Å²) in [5.74, 6) is 0.0672. The van der Waals surface area contributed by atoms with Crippen molar-refractivity contribution in [3.63, 3.8) is 0 Å². The zero-order valence-electron chi connectivity index (χ0n) is 16.0. The van der Waals surface area contributed by atoms with Gasteiger partial charge in [-0.3, -0.25) is 9.78 Å². The third kappa shape index (κ3) is 6.03. The van der Waals surface area contributed by atoms with E-state index >= 15 is 0 Å². The Hall–Kier alpha value is -2.45. The maximum Gasteiger partial charge on any atom is 0.227 e. The summed E-state index contributed by atoms with van der Waals surface area (Å²) in [6.07, 6.45) is 6.97. The second-order valence-corrected chi connectivity index (χ2v) is 8.90. The Morgan fingerprint density at radius 3 is 2.36 bits per heavy atom. The van der Waals surface area contributed by atoms with Crippen LogP contribution in [0.5, 0.6) is 0 Å². The molecule has 1 saturated heterocycles. The number of hydrogen-bond donors (Lipinski definition) is 2. The minimum atomic E-state index is -3.17. The van der Waals surface area contributed by atoms with Gasteiger partial charge in [0.15, 0.2) is 0 Å². The van der Waals surface area contributed by atoms with Crippen LogP contribution in [0.3, 0.4) is 0 Å². The molecule has 3 rings (SSSR count). The molecule has 0 aliphatic carbocycles. The maximum atomic E-state index is 12.6. The summed E-state index contributed by atoms with van der Waals surface area (Å²) in [7, 11) is -3.17. The van der Waals surface area contributed by atoms with E-state index in [9.17, 15) is 13.2 Å². The molecule has 2 heterocycles. The molecule has 1 aliphatic rings. The van der Waals surface area contributed by atoms with Crippen LogP contribution in [0.15, 0.2) is 48.8 Å². The fourth-order valence-electron chi connectivity index (χ4n) is 3.33. The number of pyridine rings is 1. The number of nitrogens with zero attached hydrogens (tertiary/aromatic N) is 2. The van der Waals surface area contributed by atoms with Crippen LogP contribution in [0.2, 0.25) is 0 Å². The maximum absolute atomic E-state index is 12.6. The molecule has 0 spiro atoms. The number of amides is 1. The molecule has 0 atom stereocenters. The van der Waals surface area contributed by atoms with E-state index < -0.39 is 10.0 Å². The summed E-state index contributed by atoms with van der Waals surface area (Å²) in [4.78, 5) is 18.9. The highest BCUT2D eigenvalue weighted by molar-refractivity contribution is 7.88. The fourth-order valence-corrected chi connectivity index (χ4v) is 3.81. The molecule has 1 aromatic heterocycles. The van der Waals surface area contributed by atoms with E-state index in [0.29, 0.717) is 13.0 Å². The number of nitrogens with one attached hydrogen (secondary N) is 2. The third-order valence-electron chi connectivity index (χ3n) is 4.89. The van der Waals surface area contributed by atoms with Crippen molar-refractivity contribution in [2.24, 2.45) is 5.92 Å². The molecule has 2 aromatic rings. The smallest absolute Gasteiger partial charge is 0.227 e. The number of carbonyl (C=O) groups excluding carboxylic acids is 1. The topological polar surface area (TPSA) is 91.4 Å². The molecule has 1 aromatic carbocycles. The highest BCUT2D eigenvalue weighted by Gasteiger charge is 2.25. The van der Waals surface area contributed by atoms with Crippen LogP contribution in [0.1, 0.15) is 18.4 Å². The number of rotatable bonds is 7. The van der Waals surface area contributed by atoms with Gasteiger partial charge >= 0.3 is 0 Å². The monoisotopic (exact) mass is 402 g/mol. The lowest BCUT2D eigenvalue weighted by molar-refractivity contribution is -0.120. The lowest BCUT2D eigenvalue weighted by atomic mass is 9.95. The van der Waals surface area contributed by atoms with E-state index in [4.69, 9.17) is 0 Å². The standard InChI is InChI=1S/C20H26N4O3S/c1-28(26,27)22-13-6-16-2-4-18(5-3-16)23-20(25)17-9-14-24(15-10-17)19-7-11-21-12-8-19/h2-5,7-8,11-12,17,22H,6,9-10,13-15H2,1H3,(H,23,25). The average molecular weight is 403 g/mol. The Labute approximate surface area is 166 Å². The van der Waals surface area contributed by atoms with Gasteiger partial charge in [0.2, 0.25) is 15.9 Å². The highest BCUT2D eigenvalue weighted by Crippen LogP contribution is 2.24. The molecular weight excluding hydrogens is 376 g/mol. The Morgan fingerprint density at radius 1 is 1.11 bits per heavy atom. The largest absolute Gasteiger partial charge is 0.371 e. The van der Waals surface area contributed by atoms with Crippen LogP contribution >= 0.6 is 0 Å². The van der Waals surface area contributed by atoms with E-state index in [0.717, 1.165) is 49.1 Å². The number of hydrogen-bond acceptors (Lipinski definition) is 5. The quantitative estimate of drug-likeness (QED) is 0.739. The fraction of sp³-hybridized carbons (Fsp3) is 0.400. The second-order valence-electron chi connectivity index (χ2n) is 7.07. The van der Waals surface area contributed by atoms with Gasteiger partial charge in [-0.15, -0.1) is 0 Å². The first-order chi connectivity index (χ1) is 13.4. The molecule has 7 nitrogen and oxygen atoms in total. The van der Waals surface area contributed by atoms with E-state index in [2.05, 4.69) is 19.9 Å². The van der Waals surface area contributed by atoms with Gasteiger partial charge in [-0.05, 0) is 49.1 Å². The van der Waals surface area contributed by atoms with Crippen molar-refractivity contribution in [3.8, 4) is 0 Å². The normalized spacial score (nSPS) is 15.4. The molecule has 0 saturated carbocycles. The van der Waals surface area contributed by atoms with Crippen LogP contribution in [-0.2, 0) is 21.2 Å². The Kier molecular flexibility index (Phi) is 6.64. The number of sulfonamides is 1. The van der Waals surface area contributed by atoms with Crippen molar-refractivity contribution in [2.75, 3.05) is 36.1 Å². The Balaban J connectivity index is 1.46. The molecule has 28 heavy (non-hydrogen) atoms. The summed E-state index contributed by atoms with van der Waals surface area (Å²) in [6, 6.07) is 11.5. The van der Waals surface area contributed by atoms with Crippen molar-refractivity contribution in [2.45, 2.75) is 19.3 Å². The number of piperidine rings is 1. The molecule has 2 N–H and O–H groups in total. The minimum absolute atomic E-state index is 0.0109. The minimum Gasteiger partial charge on any atom is -0.371 e. The van der Waals surface area contributed by atoms with Crippen molar-refractivity contribution < 1.29 is 13.2 Å². The molecule has 1 amide bonds. The van der Waals surface area contributed by atoms with Crippen LogP contribution in [0.25, 0.3) is 0 Å². The van der Waals surface area contributed by atoms with Crippen LogP contribution in [0.4, 0.5) is 11.4 Å². The summed E-state index contributed by atoms with van der Waals surface area (Å²) in [5.41, 5.74) is 2.93. The van der Waals surface area contributed by atoms with Gasteiger partial charge in [-0.2, -0.15) is 0 Å². The molecule has 0 bridgehead atoms. The van der Waals surface area contributed by atoms with Gasteiger partial charge in [-0.1, -0.05) is 12.1 Å². The summed E-state index contributed by atoms with van der Waals surface area (Å²) < 4.78 is 24.6. The Bertz CT molecular complexity index is 877. The zero-order chi connectivity index (χ0) is 20.0. The van der Waals surface area contributed by atoms with Crippen molar-refractivity contribution in [3.05, 3.63) is 54.4 Å². The third-order valence-corrected chi connectivity index (χ3v) is 5.62. The van der Waals surface area contributed by atoms with Gasteiger partial charge in [0.05, 0.1) is 6.26 Å². The van der Waals surface area contributed by atoms with Crippen molar-refractivity contribution in [1.82, 2.24) is 9.71 Å². The number of aromatic nitrogens is 1. The van der Waals surface area contributed by atoms with E-state index in [1.165, 1.54) is 0 Å². The molecule has 8 heteroatoms. The lowest BCUT2D eigenvalue weighted by Crippen LogP contribution is -2.38. The van der Waals surface area contributed by atoms with Crippen molar-refractivity contribution >= 4 is 27.3 Å². The predicted octanol–water partition coefficient (Wildman–Crippen LogP) is 2.03. The summed E-state index contributed by atoms with van der Waals surface area (Å²) in [5, 5.41) is 2.99. The molecule has 1 fully saturated rings. The first-order valence-electron chi connectivity index (χ1n) is 9.40. The van der Waals surface area contributed by atoms with Gasteiger partial charge in [-0.25, -0.2) is 13.1 Å². The predicted molar refractivity (Wildman–Crippen MR) is 111 cm³/mol. The van der Waals surface area contributed by atoms with Gasteiger partial charge < -0.3 is 10.2 Å². The highest BCUT2D eigenvalue weighted by atomic mass is 32.2. The molecular formula is C20H26N4O3S. The van der Waals surface area contributed by atoms with Crippen LogP contribution < -0.4 is 14.9 Å². The first-order valence-corrected chi connectivity index (χ1v) is 11.3. The van der Waals surface area contributed by atoms with Crippen molar-refractivity contribution in [1.29, 1.82) is 0 Å². The Morgan fingerprint density at radius 2 is 1.75 bits per heavy atom. The molecule has 0 unspecified atom stereocenters.